The first-order chi connectivity index (χ1) is 18.4. The van der Waals surface area contributed by atoms with Gasteiger partial charge in [-0.1, -0.05) is 6.58 Å². The van der Waals surface area contributed by atoms with Gasteiger partial charge in [-0.2, -0.15) is 10.3 Å². The molecule has 0 aromatic carbocycles. The van der Waals surface area contributed by atoms with Crippen LogP contribution in [0.1, 0.15) is 17.3 Å². The van der Waals surface area contributed by atoms with Crippen LogP contribution in [-0.4, -0.2) is 86.6 Å². The van der Waals surface area contributed by atoms with E-state index in [-0.39, 0.29) is 5.56 Å². The van der Waals surface area contributed by atoms with Gasteiger partial charge in [0.1, 0.15) is 17.1 Å². The Kier molecular flexibility index (Phi) is 6.85. The van der Waals surface area contributed by atoms with Gasteiger partial charge >= 0.3 is 0 Å². The summed E-state index contributed by atoms with van der Waals surface area (Å²) in [6, 6.07) is 0. The van der Waals surface area contributed by atoms with Gasteiger partial charge < -0.3 is 19.5 Å². The van der Waals surface area contributed by atoms with Crippen LogP contribution in [-0.2, 0) is 4.79 Å². The minimum atomic E-state index is -0.663. The summed E-state index contributed by atoms with van der Waals surface area (Å²) in [7, 11) is 1.46. The molecule has 1 aliphatic rings. The van der Waals surface area contributed by atoms with Crippen molar-refractivity contribution in [2.45, 2.75) is 6.92 Å². The lowest BCUT2D eigenvalue weighted by Crippen LogP contribution is -2.50. The number of aliphatic imine (C=N–C) groups is 1. The van der Waals surface area contributed by atoms with Crippen LogP contribution in [0, 0.1) is 0 Å². The highest BCUT2D eigenvalue weighted by Gasteiger charge is 2.31. The number of aromatic amines is 2. The van der Waals surface area contributed by atoms with E-state index in [0.717, 1.165) is 5.01 Å². The second kappa shape index (κ2) is 10.4. The lowest BCUT2D eigenvalue weighted by Gasteiger charge is -2.34. The molecule has 0 radical (unpaired) electrons. The highest BCUT2D eigenvalue weighted by Crippen LogP contribution is 2.34. The van der Waals surface area contributed by atoms with E-state index in [0.29, 0.717) is 65.9 Å². The smallest absolute Gasteiger partial charge is 0.295 e. The van der Waals surface area contributed by atoms with E-state index in [4.69, 9.17) is 10.6 Å². The predicted octanol–water partition coefficient (Wildman–Crippen LogP) is 1.59. The quantitative estimate of drug-likeness (QED) is 0.0750. The number of aromatic nitrogens is 6. The molecule has 1 amide bonds. The van der Waals surface area contributed by atoms with Crippen LogP contribution in [0.15, 0.2) is 41.2 Å². The molecular weight excluding hydrogens is 510 g/mol. The molecule has 38 heavy (non-hydrogen) atoms. The van der Waals surface area contributed by atoms with Gasteiger partial charge in [-0.3, -0.25) is 9.59 Å². The molecule has 15 heteroatoms. The third-order valence-electron chi connectivity index (χ3n) is 5.99. The summed E-state index contributed by atoms with van der Waals surface area (Å²) in [4.78, 5) is 45.9. The molecule has 5 rings (SSSR count). The monoisotopic (exact) mass is 535 g/mol. The number of rotatable bonds is 8. The van der Waals surface area contributed by atoms with E-state index in [9.17, 15) is 9.59 Å². The molecule has 14 nitrogen and oxygen atoms in total. The Labute approximate surface area is 220 Å². The molecule has 1 fully saturated rings. The van der Waals surface area contributed by atoms with E-state index in [1.54, 1.807) is 13.1 Å². The van der Waals surface area contributed by atoms with Crippen molar-refractivity contribution in [3.8, 4) is 16.5 Å². The van der Waals surface area contributed by atoms with Crippen LogP contribution in [0.5, 0.6) is 5.75 Å². The van der Waals surface area contributed by atoms with Gasteiger partial charge in [-0.25, -0.2) is 25.8 Å². The number of nitrogens with two attached hydrogens (primary N) is 1. The molecular formula is C23H25N11O3S. The van der Waals surface area contributed by atoms with E-state index in [1.165, 1.54) is 47.1 Å². The normalized spacial score (nSPS) is 13.9. The van der Waals surface area contributed by atoms with Gasteiger partial charge in [0.05, 0.1) is 29.8 Å². The van der Waals surface area contributed by atoms with Crippen LogP contribution in [0.4, 0.5) is 11.6 Å². The van der Waals surface area contributed by atoms with Crippen molar-refractivity contribution in [2.24, 2.45) is 10.8 Å². The molecule has 5 heterocycles. The molecule has 4 N–H and O–H groups in total. The molecule has 0 spiro atoms. The first kappa shape index (κ1) is 25.0. The summed E-state index contributed by atoms with van der Waals surface area (Å²) < 4.78 is 5.44. The van der Waals surface area contributed by atoms with E-state index >= 15 is 0 Å². The summed E-state index contributed by atoms with van der Waals surface area (Å²) in [6.07, 6.45) is 5.98. The molecule has 0 aliphatic carbocycles. The lowest BCUT2D eigenvalue weighted by molar-refractivity contribution is -0.126. The van der Waals surface area contributed by atoms with Crippen LogP contribution < -0.4 is 20.5 Å². The van der Waals surface area contributed by atoms with Crippen molar-refractivity contribution in [2.75, 3.05) is 43.2 Å². The van der Waals surface area contributed by atoms with Crippen molar-refractivity contribution in [3.05, 3.63) is 41.8 Å². The van der Waals surface area contributed by atoms with Crippen molar-refractivity contribution in [1.29, 1.82) is 0 Å². The Morgan fingerprint density at radius 3 is 2.74 bits per heavy atom. The van der Waals surface area contributed by atoms with Crippen molar-refractivity contribution >= 4 is 51.9 Å². The SMILES string of the molecule is C=C(C)N=CN(N)c1ncc(OC)c2c(C(=O)C(=O)N3CCN(c4n[nH]nc4-c4nccs4)CC3)c[nH]c12. The number of allylic oxidation sites excluding steroid dienone is 1. The van der Waals surface area contributed by atoms with Crippen molar-refractivity contribution in [3.63, 3.8) is 0 Å². The average molecular weight is 536 g/mol. The van der Waals surface area contributed by atoms with Crippen LogP contribution in [0.25, 0.3) is 21.6 Å². The number of ketones is 1. The summed E-state index contributed by atoms with van der Waals surface area (Å²) in [5.41, 5.74) is 1.82. The Bertz CT molecular complexity index is 1520. The second-order valence-electron chi connectivity index (χ2n) is 8.43. The highest BCUT2D eigenvalue weighted by molar-refractivity contribution is 7.13. The Balaban J connectivity index is 1.35. The maximum Gasteiger partial charge on any atom is 0.295 e. The van der Waals surface area contributed by atoms with Gasteiger partial charge in [0.2, 0.25) is 0 Å². The third-order valence-corrected chi connectivity index (χ3v) is 6.77. The number of carbonyl (C=O) groups is 2. The van der Waals surface area contributed by atoms with E-state index in [2.05, 4.69) is 41.9 Å². The molecule has 4 aromatic heterocycles. The molecule has 0 unspecified atom stereocenters. The van der Waals surface area contributed by atoms with E-state index < -0.39 is 11.7 Å². The van der Waals surface area contributed by atoms with Crippen LogP contribution in [0.3, 0.4) is 0 Å². The number of methoxy groups -OCH3 is 1. The largest absolute Gasteiger partial charge is 0.494 e. The zero-order valence-corrected chi connectivity index (χ0v) is 21.5. The summed E-state index contributed by atoms with van der Waals surface area (Å²) in [5, 5.41) is 15.4. The van der Waals surface area contributed by atoms with Gasteiger partial charge in [0.15, 0.2) is 17.3 Å². The predicted molar refractivity (Wildman–Crippen MR) is 143 cm³/mol. The Morgan fingerprint density at radius 2 is 2.05 bits per heavy atom. The summed E-state index contributed by atoms with van der Waals surface area (Å²) in [6.45, 7) is 7.09. The summed E-state index contributed by atoms with van der Waals surface area (Å²) >= 11 is 1.47. The maximum absolute atomic E-state index is 13.4. The standard InChI is InChI=1S/C23H25N11O3S/c1-13(2)28-12-34(24)20-17-16(15(37-3)11-27-20)14(10-26-17)19(35)23(36)33-7-5-32(6-8-33)21-18(29-31-30-21)22-25-4-9-38-22/h4,9-12,26H,1,5-8,24H2,2-3H3,(H,29,30,31). The first-order valence-electron chi connectivity index (χ1n) is 11.6. The molecule has 0 saturated carbocycles. The highest BCUT2D eigenvalue weighted by atomic mass is 32.1. The minimum absolute atomic E-state index is 0.167. The molecule has 1 aliphatic heterocycles. The number of nitrogens with zero attached hydrogens (tertiary/aromatic N) is 8. The molecule has 0 atom stereocenters. The number of hydrogen-bond acceptors (Lipinski definition) is 11. The average Bonchev–Trinajstić information content (AvgIpc) is 3.71. The maximum atomic E-state index is 13.4. The van der Waals surface area contributed by atoms with E-state index in [1.807, 2.05) is 10.3 Å². The molecule has 1 saturated heterocycles. The first-order valence-corrected chi connectivity index (χ1v) is 12.4. The number of thiazole rings is 1. The third kappa shape index (κ3) is 4.59. The van der Waals surface area contributed by atoms with Crippen LogP contribution >= 0.6 is 11.3 Å². The fourth-order valence-electron chi connectivity index (χ4n) is 4.16. The second-order valence-corrected chi connectivity index (χ2v) is 9.33. The number of pyridine rings is 1. The number of hydrogen-bond donors (Lipinski definition) is 3. The number of carbonyl (C=O) groups excluding carboxylic acids is 2. The zero-order chi connectivity index (χ0) is 26.8. The molecule has 0 bridgehead atoms. The van der Waals surface area contributed by atoms with Gasteiger partial charge in [0.25, 0.3) is 11.7 Å². The fraction of sp³-hybridized carbons (Fsp3) is 0.261. The number of ether oxygens (including phenoxy) is 1. The number of nitrogens with one attached hydrogen (secondary N) is 2. The van der Waals surface area contributed by atoms with Crippen molar-refractivity contribution in [1.82, 2.24) is 35.3 Å². The number of hydrazine groups is 1. The van der Waals surface area contributed by atoms with Gasteiger partial charge in [-0.05, 0) is 6.92 Å². The van der Waals surface area contributed by atoms with Crippen molar-refractivity contribution < 1.29 is 14.3 Å². The van der Waals surface area contributed by atoms with Crippen LogP contribution in [0.2, 0.25) is 0 Å². The van der Waals surface area contributed by atoms with Gasteiger partial charge in [-0.15, -0.1) is 16.4 Å². The Morgan fingerprint density at radius 1 is 1.26 bits per heavy atom. The molecule has 196 valence electrons. The number of anilines is 2. The fourth-order valence-corrected chi connectivity index (χ4v) is 4.78. The number of fused-ring (bicyclic) bond motifs is 1. The number of H-pyrrole nitrogens is 2. The number of amides is 1. The Hall–Kier alpha value is -4.63. The lowest BCUT2D eigenvalue weighted by atomic mass is 10.1. The number of piperazine rings is 1. The topological polar surface area (TPSA) is 175 Å². The number of Topliss-reactive ketones (excluding diaryl/α,β-unsaturated/α-hetero) is 1. The minimum Gasteiger partial charge on any atom is -0.494 e. The van der Waals surface area contributed by atoms with Gasteiger partial charge in [0, 0.05) is 49.6 Å². The molecule has 4 aromatic rings. The summed E-state index contributed by atoms with van der Waals surface area (Å²) in [5.74, 6) is 6.12. The zero-order valence-electron chi connectivity index (χ0n) is 20.7.